The van der Waals surface area contributed by atoms with E-state index in [1.807, 2.05) is 0 Å². The third-order valence-corrected chi connectivity index (χ3v) is 3.32. The highest BCUT2D eigenvalue weighted by Gasteiger charge is 2.31. The van der Waals surface area contributed by atoms with Gasteiger partial charge in [-0.2, -0.15) is 13.2 Å². The maximum Gasteiger partial charge on any atom is 0.416 e. The second kappa shape index (κ2) is 3.50. The van der Waals surface area contributed by atoms with E-state index >= 15 is 0 Å². The van der Waals surface area contributed by atoms with Gasteiger partial charge in [0, 0.05) is 10.1 Å². The summed E-state index contributed by atoms with van der Waals surface area (Å²) in [5.41, 5.74) is -0.553. The first-order chi connectivity index (χ1) is 6.55. The molecule has 0 unspecified atom stereocenters. The van der Waals surface area contributed by atoms with Crippen LogP contribution in [0.2, 0.25) is 0 Å². The van der Waals surface area contributed by atoms with Gasteiger partial charge in [-0.3, -0.25) is 0 Å². The number of benzene rings is 1. The monoisotopic (exact) mass is 218 g/mol. The van der Waals surface area contributed by atoms with Crippen LogP contribution in [0.1, 0.15) is 18.4 Å². The minimum atomic E-state index is -4.22. The smallest absolute Gasteiger partial charge is 0.166 e. The molecule has 0 spiro atoms. The number of halogens is 3. The van der Waals surface area contributed by atoms with Crippen molar-refractivity contribution in [1.29, 1.82) is 0 Å². The summed E-state index contributed by atoms with van der Waals surface area (Å²) < 4.78 is 36.9. The Bertz CT molecular complexity index is 328. The van der Waals surface area contributed by atoms with Crippen LogP contribution in [0.25, 0.3) is 0 Å². The fourth-order valence-electron chi connectivity index (χ4n) is 1.12. The molecule has 0 radical (unpaired) electrons. The average Bonchev–Trinajstić information content (AvgIpc) is 2.87. The van der Waals surface area contributed by atoms with E-state index in [1.54, 1.807) is 6.07 Å². The van der Waals surface area contributed by atoms with Gasteiger partial charge in [-0.15, -0.1) is 11.8 Å². The molecule has 1 aromatic rings. The molecule has 1 aliphatic rings. The van der Waals surface area contributed by atoms with Crippen molar-refractivity contribution >= 4 is 11.8 Å². The van der Waals surface area contributed by atoms with Crippen molar-refractivity contribution < 1.29 is 13.2 Å². The first-order valence-electron chi connectivity index (χ1n) is 4.39. The highest BCUT2D eigenvalue weighted by molar-refractivity contribution is 8.00. The lowest BCUT2D eigenvalue weighted by molar-refractivity contribution is -0.137. The number of rotatable bonds is 2. The molecule has 0 heterocycles. The molecule has 1 aromatic carbocycles. The molecule has 0 N–H and O–H groups in total. The van der Waals surface area contributed by atoms with Gasteiger partial charge in [-0.05, 0) is 31.0 Å². The molecule has 0 bridgehead atoms. The lowest BCUT2D eigenvalue weighted by Gasteiger charge is -2.07. The van der Waals surface area contributed by atoms with E-state index in [2.05, 4.69) is 0 Å². The Kier molecular flexibility index (Phi) is 2.47. The summed E-state index contributed by atoms with van der Waals surface area (Å²) in [5.74, 6) is 0. The highest BCUT2D eigenvalue weighted by Crippen LogP contribution is 2.40. The summed E-state index contributed by atoms with van der Waals surface area (Å²) in [5, 5.41) is 0.540. The molecule has 0 nitrogen and oxygen atoms in total. The molecule has 1 aliphatic carbocycles. The molecular weight excluding hydrogens is 209 g/mol. The summed E-state index contributed by atoms with van der Waals surface area (Å²) in [6.07, 6.45) is -1.97. The van der Waals surface area contributed by atoms with E-state index < -0.39 is 11.7 Å². The first kappa shape index (κ1) is 9.90. The molecule has 1 fully saturated rings. The number of thioether (sulfide) groups is 1. The number of hydrogen-bond acceptors (Lipinski definition) is 1. The van der Waals surface area contributed by atoms with Crippen molar-refractivity contribution in [3.63, 3.8) is 0 Å². The minimum Gasteiger partial charge on any atom is -0.166 e. The van der Waals surface area contributed by atoms with Gasteiger partial charge in [0.25, 0.3) is 0 Å². The van der Waals surface area contributed by atoms with Gasteiger partial charge >= 0.3 is 6.18 Å². The van der Waals surface area contributed by atoms with Crippen LogP contribution in [-0.4, -0.2) is 5.25 Å². The largest absolute Gasteiger partial charge is 0.416 e. The third-order valence-electron chi connectivity index (χ3n) is 1.99. The van der Waals surface area contributed by atoms with Crippen LogP contribution in [0.4, 0.5) is 13.2 Å². The summed E-state index contributed by atoms with van der Waals surface area (Å²) >= 11 is 1.54. The van der Waals surface area contributed by atoms with Gasteiger partial charge in [-0.25, -0.2) is 0 Å². The second-order valence-corrected chi connectivity index (χ2v) is 4.72. The molecule has 1 saturated carbocycles. The lowest BCUT2D eigenvalue weighted by atomic mass is 10.2. The van der Waals surface area contributed by atoms with Crippen molar-refractivity contribution in [1.82, 2.24) is 0 Å². The molecule has 0 aromatic heterocycles. The van der Waals surface area contributed by atoms with E-state index in [1.165, 1.54) is 23.9 Å². The van der Waals surface area contributed by atoms with E-state index in [0.29, 0.717) is 5.25 Å². The van der Waals surface area contributed by atoms with Crippen molar-refractivity contribution in [2.45, 2.75) is 29.2 Å². The maximum atomic E-state index is 12.3. The van der Waals surface area contributed by atoms with E-state index in [-0.39, 0.29) is 0 Å². The Morgan fingerprint density at radius 2 is 1.93 bits per heavy atom. The molecule has 2 rings (SSSR count). The summed E-state index contributed by atoms with van der Waals surface area (Å²) in [4.78, 5) is 0.724. The van der Waals surface area contributed by atoms with E-state index in [9.17, 15) is 13.2 Å². The predicted molar refractivity (Wildman–Crippen MR) is 50.3 cm³/mol. The van der Waals surface area contributed by atoms with Gasteiger partial charge < -0.3 is 0 Å². The first-order valence-corrected chi connectivity index (χ1v) is 5.27. The van der Waals surface area contributed by atoms with Gasteiger partial charge in [0.2, 0.25) is 0 Å². The number of alkyl halides is 3. The Hall–Kier alpha value is -0.640. The molecule has 0 atom stereocenters. The summed E-state index contributed by atoms with van der Waals surface area (Å²) in [6.45, 7) is 0. The Morgan fingerprint density at radius 1 is 1.21 bits per heavy atom. The standard InChI is InChI=1S/C10H9F3S/c11-10(12,13)7-2-1-3-9(6-7)14-8-4-5-8/h1-3,6,8H,4-5H2. The number of hydrogen-bond donors (Lipinski definition) is 0. The zero-order valence-electron chi connectivity index (χ0n) is 7.34. The van der Waals surface area contributed by atoms with Gasteiger partial charge in [0.15, 0.2) is 0 Å². The van der Waals surface area contributed by atoms with Crippen LogP contribution in [0.5, 0.6) is 0 Å². The zero-order valence-corrected chi connectivity index (χ0v) is 8.16. The van der Waals surface area contributed by atoms with Crippen LogP contribution in [0.3, 0.4) is 0 Å². The quantitative estimate of drug-likeness (QED) is 0.724. The van der Waals surface area contributed by atoms with E-state index in [0.717, 1.165) is 23.8 Å². The van der Waals surface area contributed by atoms with Crippen LogP contribution in [0, 0.1) is 0 Å². The third kappa shape index (κ3) is 2.44. The van der Waals surface area contributed by atoms with E-state index in [4.69, 9.17) is 0 Å². The highest BCUT2D eigenvalue weighted by atomic mass is 32.2. The van der Waals surface area contributed by atoms with Crippen molar-refractivity contribution in [2.24, 2.45) is 0 Å². The Labute approximate surface area is 84.5 Å². The van der Waals surface area contributed by atoms with Gasteiger partial charge in [0.1, 0.15) is 0 Å². The molecule has 0 amide bonds. The SMILES string of the molecule is FC(F)(F)c1cccc(SC2CC2)c1. The fraction of sp³-hybridized carbons (Fsp3) is 0.400. The van der Waals surface area contributed by atoms with Crippen LogP contribution in [-0.2, 0) is 6.18 Å². The van der Waals surface area contributed by atoms with Crippen LogP contribution >= 0.6 is 11.8 Å². The van der Waals surface area contributed by atoms with Crippen molar-refractivity contribution in [3.05, 3.63) is 29.8 Å². The van der Waals surface area contributed by atoms with Crippen molar-refractivity contribution in [3.8, 4) is 0 Å². The predicted octanol–water partition coefficient (Wildman–Crippen LogP) is 3.96. The zero-order chi connectivity index (χ0) is 10.2. The van der Waals surface area contributed by atoms with Crippen LogP contribution in [0.15, 0.2) is 29.2 Å². The minimum absolute atomic E-state index is 0.540. The molecule has 4 heteroatoms. The Morgan fingerprint density at radius 3 is 2.50 bits per heavy atom. The molecule has 0 saturated heterocycles. The molecular formula is C10H9F3S. The molecule has 14 heavy (non-hydrogen) atoms. The molecule has 0 aliphatic heterocycles. The fourth-order valence-corrected chi connectivity index (χ4v) is 2.23. The molecule has 76 valence electrons. The average molecular weight is 218 g/mol. The maximum absolute atomic E-state index is 12.3. The van der Waals surface area contributed by atoms with Crippen LogP contribution < -0.4 is 0 Å². The summed E-state index contributed by atoms with van der Waals surface area (Å²) in [7, 11) is 0. The lowest BCUT2D eigenvalue weighted by Crippen LogP contribution is -2.04. The van der Waals surface area contributed by atoms with Crippen molar-refractivity contribution in [2.75, 3.05) is 0 Å². The van der Waals surface area contributed by atoms with Gasteiger partial charge in [-0.1, -0.05) is 6.07 Å². The normalized spacial score (nSPS) is 17.1. The van der Waals surface area contributed by atoms with Gasteiger partial charge in [0.05, 0.1) is 5.56 Å². The summed E-state index contributed by atoms with van der Waals surface area (Å²) in [6, 6.07) is 5.53. The topological polar surface area (TPSA) is 0 Å². The second-order valence-electron chi connectivity index (χ2n) is 3.34. The Balaban J connectivity index is 2.17.